The molecule has 1 aliphatic carbocycles. The van der Waals surface area contributed by atoms with E-state index in [2.05, 4.69) is 5.32 Å². The summed E-state index contributed by atoms with van der Waals surface area (Å²) in [6.07, 6.45) is 3.53. The van der Waals surface area contributed by atoms with Crippen molar-refractivity contribution in [3.63, 3.8) is 0 Å². The highest BCUT2D eigenvalue weighted by molar-refractivity contribution is 5.98. The number of anilines is 1. The van der Waals surface area contributed by atoms with Gasteiger partial charge in [-0.25, -0.2) is 0 Å². The maximum Gasteiger partial charge on any atom is 0.247 e. The molecule has 0 bridgehead atoms. The van der Waals surface area contributed by atoms with Crippen LogP contribution in [0.4, 0.5) is 5.69 Å². The molecule has 2 N–H and O–H groups in total. The van der Waals surface area contributed by atoms with Gasteiger partial charge in [0.05, 0.1) is 6.61 Å². The van der Waals surface area contributed by atoms with Crippen molar-refractivity contribution in [2.75, 3.05) is 11.9 Å². The van der Waals surface area contributed by atoms with Crippen LogP contribution >= 0.6 is 0 Å². The highest BCUT2D eigenvalue weighted by Crippen LogP contribution is 2.33. The van der Waals surface area contributed by atoms with Crippen molar-refractivity contribution >= 4 is 17.5 Å². The number of hydrogen-bond acceptors (Lipinski definition) is 3. The van der Waals surface area contributed by atoms with Gasteiger partial charge in [0, 0.05) is 18.2 Å². The average Bonchev–Trinajstić information content (AvgIpc) is 3.23. The Labute approximate surface area is 123 Å². The molecule has 1 heterocycles. The van der Waals surface area contributed by atoms with Crippen molar-refractivity contribution in [1.82, 2.24) is 4.90 Å². The molecule has 1 aromatic carbocycles. The Kier molecular flexibility index (Phi) is 3.92. The molecule has 1 atom stereocenters. The number of hydrogen-bond donors (Lipinski definition) is 2. The Balaban J connectivity index is 1.67. The third-order valence-electron chi connectivity index (χ3n) is 4.14. The largest absolute Gasteiger partial charge is 0.392 e. The van der Waals surface area contributed by atoms with Gasteiger partial charge >= 0.3 is 0 Å². The van der Waals surface area contributed by atoms with Crippen LogP contribution in [0.1, 0.15) is 31.2 Å². The van der Waals surface area contributed by atoms with Crippen LogP contribution in [0.5, 0.6) is 0 Å². The van der Waals surface area contributed by atoms with Crippen LogP contribution in [0, 0.1) is 5.92 Å². The van der Waals surface area contributed by atoms with E-state index in [9.17, 15) is 9.59 Å². The first-order valence-electron chi connectivity index (χ1n) is 7.50. The Morgan fingerprint density at radius 2 is 2.10 bits per heavy atom. The molecule has 5 nitrogen and oxygen atoms in total. The number of amides is 2. The topological polar surface area (TPSA) is 69.6 Å². The van der Waals surface area contributed by atoms with Crippen molar-refractivity contribution in [3.8, 4) is 0 Å². The molecule has 3 rings (SSSR count). The highest BCUT2D eigenvalue weighted by atomic mass is 16.3. The Hall–Kier alpha value is -1.88. The van der Waals surface area contributed by atoms with E-state index in [0.717, 1.165) is 31.2 Å². The third-order valence-corrected chi connectivity index (χ3v) is 4.14. The van der Waals surface area contributed by atoms with Crippen molar-refractivity contribution in [1.29, 1.82) is 0 Å². The van der Waals surface area contributed by atoms with Gasteiger partial charge in [-0.1, -0.05) is 12.1 Å². The predicted molar refractivity (Wildman–Crippen MR) is 78.5 cm³/mol. The fraction of sp³-hybridized carbons (Fsp3) is 0.500. The van der Waals surface area contributed by atoms with Gasteiger partial charge < -0.3 is 15.3 Å². The number of nitrogens with zero attached hydrogens (tertiary/aromatic N) is 1. The van der Waals surface area contributed by atoms with E-state index in [-0.39, 0.29) is 30.4 Å². The lowest BCUT2D eigenvalue weighted by molar-refractivity contribution is -0.137. The van der Waals surface area contributed by atoms with Gasteiger partial charge in [0.25, 0.3) is 0 Å². The van der Waals surface area contributed by atoms with E-state index < -0.39 is 0 Å². The second kappa shape index (κ2) is 5.85. The lowest BCUT2D eigenvalue weighted by Gasteiger charge is -2.24. The maximum atomic E-state index is 12.4. The summed E-state index contributed by atoms with van der Waals surface area (Å²) in [7, 11) is 0. The smallest absolute Gasteiger partial charge is 0.247 e. The summed E-state index contributed by atoms with van der Waals surface area (Å²) in [6.45, 7) is 0.629. The summed E-state index contributed by atoms with van der Waals surface area (Å²) in [5.41, 5.74) is 1.42. The molecule has 0 radical (unpaired) electrons. The van der Waals surface area contributed by atoms with Crippen LogP contribution in [0.15, 0.2) is 24.3 Å². The van der Waals surface area contributed by atoms with Gasteiger partial charge in [0.1, 0.15) is 6.04 Å². The van der Waals surface area contributed by atoms with Crippen LogP contribution in [-0.2, 0) is 16.2 Å². The molecule has 1 saturated heterocycles. The standard InChI is InChI=1S/C16H20N2O3/c19-10-11-3-1-4-13(9-11)17-15(20)14-5-2-8-18(14)16(21)12-6-7-12/h1,3-4,9,12,14,19H,2,5-8,10H2,(H,17,20). The second-order valence-corrected chi connectivity index (χ2v) is 5.81. The van der Waals surface area contributed by atoms with Crippen molar-refractivity contribution < 1.29 is 14.7 Å². The normalized spacial score (nSPS) is 21.4. The van der Waals surface area contributed by atoms with E-state index in [1.165, 1.54) is 0 Å². The first-order valence-corrected chi connectivity index (χ1v) is 7.50. The molecule has 2 fully saturated rings. The molecule has 5 heteroatoms. The maximum absolute atomic E-state index is 12.4. The zero-order chi connectivity index (χ0) is 14.8. The summed E-state index contributed by atoms with van der Waals surface area (Å²) in [5, 5.41) is 12.0. The third kappa shape index (κ3) is 3.08. The van der Waals surface area contributed by atoms with Crippen LogP contribution in [0.3, 0.4) is 0 Å². The van der Waals surface area contributed by atoms with Crippen LogP contribution in [0.25, 0.3) is 0 Å². The fourth-order valence-corrected chi connectivity index (χ4v) is 2.84. The number of rotatable bonds is 4. The van der Waals surface area contributed by atoms with Crippen molar-refractivity contribution in [3.05, 3.63) is 29.8 Å². The molecule has 1 unspecified atom stereocenters. The Bertz CT molecular complexity index is 554. The minimum Gasteiger partial charge on any atom is -0.392 e. The second-order valence-electron chi connectivity index (χ2n) is 5.81. The zero-order valence-electron chi connectivity index (χ0n) is 11.9. The van der Waals surface area contributed by atoms with Crippen molar-refractivity contribution in [2.45, 2.75) is 38.3 Å². The zero-order valence-corrected chi connectivity index (χ0v) is 11.9. The number of carbonyl (C=O) groups is 2. The molecule has 2 aliphatic rings. The summed E-state index contributed by atoms with van der Waals surface area (Å²) in [5.74, 6) is 0.157. The van der Waals surface area contributed by atoms with E-state index in [0.29, 0.717) is 12.2 Å². The lowest BCUT2D eigenvalue weighted by Crippen LogP contribution is -2.43. The molecule has 1 saturated carbocycles. The minimum atomic E-state index is -0.351. The quantitative estimate of drug-likeness (QED) is 0.882. The Morgan fingerprint density at radius 3 is 2.81 bits per heavy atom. The fourth-order valence-electron chi connectivity index (χ4n) is 2.84. The SMILES string of the molecule is O=C(Nc1cccc(CO)c1)C1CCCN1C(=O)C1CC1. The molecular formula is C16H20N2O3. The van der Waals surface area contributed by atoms with E-state index in [4.69, 9.17) is 5.11 Å². The molecule has 0 spiro atoms. The summed E-state index contributed by atoms with van der Waals surface area (Å²) in [4.78, 5) is 26.3. The first-order chi connectivity index (χ1) is 10.2. The van der Waals surface area contributed by atoms with Gasteiger partial charge in [-0.3, -0.25) is 9.59 Å². The van der Waals surface area contributed by atoms with Crippen LogP contribution in [0.2, 0.25) is 0 Å². The number of benzene rings is 1. The van der Waals surface area contributed by atoms with Gasteiger partial charge in [-0.05, 0) is 43.4 Å². The number of aliphatic hydroxyl groups is 1. The molecule has 112 valence electrons. The molecule has 0 aromatic heterocycles. The molecule has 1 aliphatic heterocycles. The summed E-state index contributed by atoms with van der Waals surface area (Å²) in [6, 6.07) is 6.78. The van der Waals surface area contributed by atoms with Gasteiger partial charge in [-0.2, -0.15) is 0 Å². The summed E-state index contributed by atoms with van der Waals surface area (Å²) < 4.78 is 0. The molecule has 21 heavy (non-hydrogen) atoms. The van der Waals surface area contributed by atoms with E-state index in [1.807, 2.05) is 0 Å². The number of carbonyl (C=O) groups excluding carboxylic acids is 2. The number of likely N-dealkylation sites (tertiary alicyclic amines) is 1. The lowest BCUT2D eigenvalue weighted by atomic mass is 10.1. The van der Waals surface area contributed by atoms with Crippen LogP contribution in [-0.4, -0.2) is 34.4 Å². The van der Waals surface area contributed by atoms with Crippen molar-refractivity contribution in [2.24, 2.45) is 5.92 Å². The molecule has 1 aromatic rings. The van der Waals surface area contributed by atoms with E-state index >= 15 is 0 Å². The van der Waals surface area contributed by atoms with E-state index in [1.54, 1.807) is 29.2 Å². The van der Waals surface area contributed by atoms with Gasteiger partial charge in [0.15, 0.2) is 0 Å². The molecule has 2 amide bonds. The monoisotopic (exact) mass is 288 g/mol. The molecular weight excluding hydrogens is 268 g/mol. The number of nitrogens with one attached hydrogen (secondary N) is 1. The predicted octanol–water partition coefficient (Wildman–Crippen LogP) is 1.52. The minimum absolute atomic E-state index is 0.0561. The highest BCUT2D eigenvalue weighted by Gasteiger charge is 2.40. The Morgan fingerprint density at radius 1 is 1.29 bits per heavy atom. The summed E-state index contributed by atoms with van der Waals surface area (Å²) >= 11 is 0. The van der Waals surface area contributed by atoms with Crippen LogP contribution < -0.4 is 5.32 Å². The average molecular weight is 288 g/mol. The number of aliphatic hydroxyl groups excluding tert-OH is 1. The van der Waals surface area contributed by atoms with Gasteiger partial charge in [-0.15, -0.1) is 0 Å². The van der Waals surface area contributed by atoms with Gasteiger partial charge in [0.2, 0.25) is 11.8 Å². The first kappa shape index (κ1) is 14.1.